The number of ether oxygens (including phenoxy) is 1. The van der Waals surface area contributed by atoms with Crippen LogP contribution in [0.5, 0.6) is 0 Å². The highest BCUT2D eigenvalue weighted by Crippen LogP contribution is 2.66. The summed E-state index contributed by atoms with van der Waals surface area (Å²) in [7, 11) is 3.96. The summed E-state index contributed by atoms with van der Waals surface area (Å²) in [5.41, 5.74) is 1.37. The van der Waals surface area contributed by atoms with Gasteiger partial charge in [-0.15, -0.1) is 0 Å². The van der Waals surface area contributed by atoms with Gasteiger partial charge in [-0.2, -0.15) is 0 Å². The average molecular weight is 420 g/mol. The van der Waals surface area contributed by atoms with Crippen molar-refractivity contribution in [2.45, 2.75) is 77.5 Å². The van der Waals surface area contributed by atoms with Crippen LogP contribution in [-0.2, 0) is 9.53 Å². The van der Waals surface area contributed by atoms with Crippen LogP contribution in [0.4, 0.5) is 0 Å². The SMILES string of the molecule is COCCN(C)C(C)C1CCC2C3=CC(=O)C4CC(O)C(O)CC4(C)C3CCC21C. The van der Waals surface area contributed by atoms with Gasteiger partial charge in [-0.25, -0.2) is 0 Å². The zero-order chi connectivity index (χ0) is 21.8. The molecule has 3 saturated carbocycles. The summed E-state index contributed by atoms with van der Waals surface area (Å²) in [5.74, 6) is 1.48. The Hall–Kier alpha value is -0.750. The molecular formula is C25H41NO4. The van der Waals surface area contributed by atoms with E-state index in [4.69, 9.17) is 4.74 Å². The van der Waals surface area contributed by atoms with Crippen LogP contribution in [0.1, 0.15) is 59.3 Å². The molecular weight excluding hydrogens is 378 g/mol. The molecule has 170 valence electrons. The number of hydrogen-bond donors (Lipinski definition) is 2. The highest BCUT2D eigenvalue weighted by Gasteiger charge is 2.60. The molecule has 0 aliphatic heterocycles. The van der Waals surface area contributed by atoms with Crippen molar-refractivity contribution < 1.29 is 19.7 Å². The molecule has 9 atom stereocenters. The maximum absolute atomic E-state index is 13.2. The standard InChI is InChI=1S/C25H41NO4/c1-15(26(4)10-11-30-5)17-6-7-18-16-12-21(27)20-13-22(28)23(29)14-25(20,3)19(16)8-9-24(17,18)2/h12,15,17-20,22-23,28-29H,6-11,13-14H2,1-5H3. The van der Waals surface area contributed by atoms with E-state index in [-0.39, 0.29) is 22.5 Å². The molecule has 30 heavy (non-hydrogen) atoms. The van der Waals surface area contributed by atoms with Gasteiger partial charge >= 0.3 is 0 Å². The van der Waals surface area contributed by atoms with Gasteiger partial charge in [0.2, 0.25) is 0 Å². The number of carbonyl (C=O) groups excluding carboxylic acids is 1. The summed E-state index contributed by atoms with van der Waals surface area (Å²) >= 11 is 0. The lowest BCUT2D eigenvalue weighted by molar-refractivity contribution is -0.143. The summed E-state index contributed by atoms with van der Waals surface area (Å²) in [4.78, 5) is 15.6. The first-order valence-electron chi connectivity index (χ1n) is 11.9. The molecule has 0 aromatic heterocycles. The fourth-order valence-electron chi connectivity index (χ4n) is 7.97. The van der Waals surface area contributed by atoms with Crippen LogP contribution in [0.2, 0.25) is 0 Å². The minimum atomic E-state index is -0.768. The van der Waals surface area contributed by atoms with Crippen molar-refractivity contribution in [1.82, 2.24) is 4.90 Å². The van der Waals surface area contributed by atoms with E-state index < -0.39 is 12.2 Å². The van der Waals surface area contributed by atoms with Crippen LogP contribution in [0.25, 0.3) is 0 Å². The van der Waals surface area contributed by atoms with E-state index in [0.717, 1.165) is 26.0 Å². The van der Waals surface area contributed by atoms with Gasteiger partial charge in [0, 0.05) is 25.6 Å². The van der Waals surface area contributed by atoms with Crippen molar-refractivity contribution in [3.63, 3.8) is 0 Å². The third-order valence-electron chi connectivity index (χ3n) is 9.93. The van der Waals surface area contributed by atoms with Crippen LogP contribution >= 0.6 is 0 Å². The number of fused-ring (bicyclic) bond motifs is 5. The van der Waals surface area contributed by atoms with Crippen LogP contribution in [0.3, 0.4) is 0 Å². The largest absolute Gasteiger partial charge is 0.390 e. The van der Waals surface area contributed by atoms with Gasteiger partial charge in [0.25, 0.3) is 0 Å². The molecule has 0 radical (unpaired) electrons. The maximum Gasteiger partial charge on any atom is 0.159 e. The number of nitrogens with zero attached hydrogens (tertiary/aromatic N) is 1. The lowest BCUT2D eigenvalue weighted by atomic mass is 9.47. The van der Waals surface area contributed by atoms with Gasteiger partial charge in [0.15, 0.2) is 5.78 Å². The first-order chi connectivity index (χ1) is 14.1. The Morgan fingerprint density at radius 3 is 2.53 bits per heavy atom. The van der Waals surface area contributed by atoms with Crippen molar-refractivity contribution >= 4 is 5.78 Å². The maximum atomic E-state index is 13.2. The number of likely N-dealkylation sites (N-methyl/N-ethyl adjacent to an activating group) is 1. The Bertz CT molecular complexity index is 707. The minimum absolute atomic E-state index is 0.148. The molecule has 5 heteroatoms. The predicted molar refractivity (Wildman–Crippen MR) is 117 cm³/mol. The van der Waals surface area contributed by atoms with E-state index in [1.54, 1.807) is 7.11 Å². The van der Waals surface area contributed by atoms with E-state index in [1.807, 2.05) is 6.08 Å². The molecule has 0 saturated heterocycles. The number of ketones is 1. The topological polar surface area (TPSA) is 70.0 Å². The lowest BCUT2D eigenvalue weighted by Crippen LogP contribution is -2.56. The number of aliphatic hydroxyl groups excluding tert-OH is 2. The minimum Gasteiger partial charge on any atom is -0.390 e. The molecule has 0 aromatic rings. The lowest BCUT2D eigenvalue weighted by Gasteiger charge is -2.57. The third-order valence-corrected chi connectivity index (χ3v) is 9.93. The monoisotopic (exact) mass is 419 g/mol. The number of aliphatic hydroxyl groups is 2. The average Bonchev–Trinajstić information content (AvgIpc) is 3.05. The number of carbonyl (C=O) groups is 1. The van der Waals surface area contributed by atoms with Gasteiger partial charge < -0.3 is 19.8 Å². The van der Waals surface area contributed by atoms with Crippen LogP contribution in [0, 0.1) is 34.5 Å². The third kappa shape index (κ3) is 3.32. The molecule has 5 nitrogen and oxygen atoms in total. The van der Waals surface area contributed by atoms with Crippen LogP contribution in [0.15, 0.2) is 11.6 Å². The van der Waals surface area contributed by atoms with Crippen molar-refractivity contribution in [2.75, 3.05) is 27.3 Å². The van der Waals surface area contributed by atoms with E-state index in [1.165, 1.54) is 18.4 Å². The Morgan fingerprint density at radius 1 is 1.13 bits per heavy atom. The van der Waals surface area contributed by atoms with Gasteiger partial charge in [-0.3, -0.25) is 4.79 Å². The fourth-order valence-corrected chi connectivity index (χ4v) is 7.97. The second kappa shape index (κ2) is 7.99. The first kappa shape index (κ1) is 22.4. The molecule has 4 rings (SSSR count). The summed E-state index contributed by atoms with van der Waals surface area (Å²) in [6.45, 7) is 8.72. The second-order valence-electron chi connectivity index (χ2n) is 11.2. The summed E-state index contributed by atoms with van der Waals surface area (Å²) in [6, 6.07) is 0.488. The van der Waals surface area contributed by atoms with E-state index >= 15 is 0 Å². The number of methoxy groups -OCH3 is 1. The Labute approximate surface area is 181 Å². The number of hydrogen-bond acceptors (Lipinski definition) is 5. The van der Waals surface area contributed by atoms with Crippen molar-refractivity contribution in [2.24, 2.45) is 34.5 Å². The number of allylic oxidation sites excluding steroid dienone is 2. The molecule has 0 bridgehead atoms. The van der Waals surface area contributed by atoms with Crippen LogP contribution < -0.4 is 0 Å². The van der Waals surface area contributed by atoms with Crippen LogP contribution in [-0.4, -0.2) is 66.5 Å². The number of rotatable bonds is 5. The Balaban J connectivity index is 1.61. The van der Waals surface area contributed by atoms with Gasteiger partial charge in [-0.1, -0.05) is 19.4 Å². The first-order valence-corrected chi connectivity index (χ1v) is 11.9. The highest BCUT2D eigenvalue weighted by atomic mass is 16.5. The molecule has 2 N–H and O–H groups in total. The molecule has 0 amide bonds. The highest BCUT2D eigenvalue weighted by molar-refractivity contribution is 5.94. The molecule has 0 spiro atoms. The van der Waals surface area contributed by atoms with Crippen molar-refractivity contribution in [3.8, 4) is 0 Å². The van der Waals surface area contributed by atoms with E-state index in [9.17, 15) is 15.0 Å². The Morgan fingerprint density at radius 2 is 1.83 bits per heavy atom. The zero-order valence-corrected chi connectivity index (χ0v) is 19.4. The molecule has 0 heterocycles. The second-order valence-corrected chi connectivity index (χ2v) is 11.2. The van der Waals surface area contributed by atoms with Gasteiger partial charge in [0.05, 0.1) is 18.8 Å². The predicted octanol–water partition coefficient (Wildman–Crippen LogP) is 3.04. The fraction of sp³-hybridized carbons (Fsp3) is 0.880. The molecule has 9 unspecified atom stereocenters. The molecule has 4 aliphatic rings. The van der Waals surface area contributed by atoms with E-state index in [2.05, 4.69) is 32.7 Å². The summed E-state index contributed by atoms with van der Waals surface area (Å²) in [6.07, 6.45) is 6.08. The molecule has 3 fully saturated rings. The van der Waals surface area contributed by atoms with E-state index in [0.29, 0.717) is 36.6 Å². The Kier molecular flexibility index (Phi) is 5.98. The summed E-state index contributed by atoms with van der Waals surface area (Å²) in [5, 5.41) is 20.7. The zero-order valence-electron chi connectivity index (χ0n) is 19.4. The van der Waals surface area contributed by atoms with Gasteiger partial charge in [0.1, 0.15) is 0 Å². The summed E-state index contributed by atoms with van der Waals surface area (Å²) < 4.78 is 5.29. The van der Waals surface area contributed by atoms with Crippen molar-refractivity contribution in [1.29, 1.82) is 0 Å². The molecule has 0 aromatic carbocycles. The molecule has 4 aliphatic carbocycles. The van der Waals surface area contributed by atoms with Gasteiger partial charge in [-0.05, 0) is 87.2 Å². The quantitative estimate of drug-likeness (QED) is 0.717. The smallest absolute Gasteiger partial charge is 0.159 e. The normalized spacial score (nSPS) is 46.8. The van der Waals surface area contributed by atoms with Crippen molar-refractivity contribution in [3.05, 3.63) is 11.6 Å².